The molecule has 0 spiro atoms. The molecule has 0 saturated heterocycles. The van der Waals surface area contributed by atoms with Crippen molar-refractivity contribution in [2.75, 3.05) is 5.75 Å². The Bertz CT molecular complexity index is 966. The number of rotatable bonds is 6. The van der Waals surface area contributed by atoms with E-state index in [1.807, 2.05) is 6.07 Å². The highest BCUT2D eigenvalue weighted by Gasteiger charge is 2.16. The first kappa shape index (κ1) is 19.3. The number of halogens is 3. The lowest BCUT2D eigenvalue weighted by Crippen LogP contribution is -2.28. The van der Waals surface area contributed by atoms with E-state index >= 15 is 0 Å². The van der Waals surface area contributed by atoms with Crippen LogP contribution in [-0.4, -0.2) is 26.4 Å². The summed E-state index contributed by atoms with van der Waals surface area (Å²) >= 11 is 7.19. The van der Waals surface area contributed by atoms with Crippen LogP contribution in [0.2, 0.25) is 5.02 Å². The summed E-state index contributed by atoms with van der Waals surface area (Å²) in [5, 5.41) is 11.7. The molecule has 0 aliphatic heterocycles. The lowest BCUT2D eigenvalue weighted by Gasteiger charge is -2.15. The van der Waals surface area contributed by atoms with Crippen LogP contribution in [0.4, 0.5) is 8.78 Å². The molecule has 0 aliphatic rings. The van der Waals surface area contributed by atoms with E-state index in [9.17, 15) is 13.6 Å². The van der Waals surface area contributed by atoms with E-state index in [4.69, 9.17) is 11.6 Å². The van der Waals surface area contributed by atoms with Gasteiger partial charge in [-0.25, -0.2) is 8.78 Å². The summed E-state index contributed by atoms with van der Waals surface area (Å²) in [6.07, 6.45) is 1.53. The van der Waals surface area contributed by atoms with Crippen LogP contribution in [0.3, 0.4) is 0 Å². The number of carbonyl (C=O) groups excluding carboxylic acids is 1. The van der Waals surface area contributed by atoms with Gasteiger partial charge < -0.3 is 5.32 Å². The van der Waals surface area contributed by atoms with Gasteiger partial charge in [0, 0.05) is 16.7 Å². The van der Waals surface area contributed by atoms with Crippen molar-refractivity contribution in [1.82, 2.24) is 20.1 Å². The van der Waals surface area contributed by atoms with E-state index in [1.54, 1.807) is 29.7 Å². The Hall–Kier alpha value is -2.45. The van der Waals surface area contributed by atoms with Gasteiger partial charge in [-0.05, 0) is 31.2 Å². The molecule has 1 heterocycles. The van der Waals surface area contributed by atoms with E-state index in [0.29, 0.717) is 10.2 Å². The summed E-state index contributed by atoms with van der Waals surface area (Å²) in [5.41, 5.74) is 0.994. The number of nitrogens with one attached hydrogen (secondary N) is 1. The quantitative estimate of drug-likeness (QED) is 0.622. The van der Waals surface area contributed by atoms with Crippen LogP contribution >= 0.6 is 23.4 Å². The molecule has 27 heavy (non-hydrogen) atoms. The number of benzene rings is 2. The zero-order valence-corrected chi connectivity index (χ0v) is 15.8. The predicted molar refractivity (Wildman–Crippen MR) is 100 cm³/mol. The van der Waals surface area contributed by atoms with Crippen LogP contribution < -0.4 is 5.32 Å². The molecule has 1 atom stereocenters. The summed E-state index contributed by atoms with van der Waals surface area (Å²) in [6, 6.07) is 9.84. The Morgan fingerprint density at radius 2 is 2.11 bits per heavy atom. The van der Waals surface area contributed by atoms with Crippen molar-refractivity contribution in [3.8, 4) is 5.69 Å². The number of amides is 1. The molecule has 3 aromatic rings. The Labute approximate surface area is 163 Å². The van der Waals surface area contributed by atoms with Crippen molar-refractivity contribution in [2.24, 2.45) is 0 Å². The lowest BCUT2D eigenvalue weighted by atomic mass is 10.1. The lowest BCUT2D eigenvalue weighted by molar-refractivity contribution is -0.119. The molecule has 140 valence electrons. The van der Waals surface area contributed by atoms with E-state index < -0.39 is 17.7 Å². The Kier molecular flexibility index (Phi) is 6.08. The molecule has 1 N–H and O–H groups in total. The molecule has 0 bridgehead atoms. The van der Waals surface area contributed by atoms with Gasteiger partial charge in [0.05, 0.1) is 17.5 Å². The minimum absolute atomic E-state index is 0.0619. The minimum Gasteiger partial charge on any atom is -0.349 e. The fourth-order valence-electron chi connectivity index (χ4n) is 2.47. The molecule has 1 aromatic heterocycles. The van der Waals surface area contributed by atoms with Gasteiger partial charge in [0.1, 0.15) is 18.0 Å². The topological polar surface area (TPSA) is 59.8 Å². The van der Waals surface area contributed by atoms with Crippen LogP contribution in [0.1, 0.15) is 18.5 Å². The maximum Gasteiger partial charge on any atom is 0.230 e. The zero-order valence-electron chi connectivity index (χ0n) is 14.2. The van der Waals surface area contributed by atoms with Gasteiger partial charge in [0.2, 0.25) is 5.91 Å². The van der Waals surface area contributed by atoms with Gasteiger partial charge in [0.15, 0.2) is 5.16 Å². The number of thioether (sulfide) groups is 1. The predicted octanol–water partition coefficient (Wildman–Crippen LogP) is 4.17. The normalized spacial score (nSPS) is 12.0. The third kappa shape index (κ3) is 4.84. The monoisotopic (exact) mass is 408 g/mol. The fourth-order valence-corrected chi connectivity index (χ4v) is 3.39. The van der Waals surface area contributed by atoms with Gasteiger partial charge in [-0.1, -0.05) is 35.5 Å². The minimum atomic E-state index is -0.698. The van der Waals surface area contributed by atoms with Crippen molar-refractivity contribution in [1.29, 1.82) is 0 Å². The second kappa shape index (κ2) is 8.49. The van der Waals surface area contributed by atoms with Gasteiger partial charge in [-0.2, -0.15) is 0 Å². The number of carbonyl (C=O) groups is 1. The summed E-state index contributed by atoms with van der Waals surface area (Å²) in [4.78, 5) is 12.2. The van der Waals surface area contributed by atoms with Crippen molar-refractivity contribution in [2.45, 2.75) is 18.1 Å². The standard InChI is InChI=1S/C18H15ClF2N4OS/c1-11(15-6-5-13(20)8-16(15)21)23-17(26)9-27-18-24-22-10-25(18)14-4-2-3-12(19)7-14/h2-8,10-11H,9H2,1H3,(H,23,26). The molecule has 0 radical (unpaired) electrons. The molecule has 1 amide bonds. The summed E-state index contributed by atoms with van der Waals surface area (Å²) in [6.45, 7) is 1.63. The summed E-state index contributed by atoms with van der Waals surface area (Å²) in [7, 11) is 0. The largest absolute Gasteiger partial charge is 0.349 e. The molecule has 0 aliphatic carbocycles. The zero-order chi connectivity index (χ0) is 19.4. The Morgan fingerprint density at radius 3 is 2.85 bits per heavy atom. The first-order valence-electron chi connectivity index (χ1n) is 7.97. The summed E-state index contributed by atoms with van der Waals surface area (Å²) in [5.74, 6) is -1.61. The van der Waals surface area contributed by atoms with Crippen LogP contribution in [-0.2, 0) is 4.79 Å². The molecular weight excluding hydrogens is 394 g/mol. The average molecular weight is 409 g/mol. The average Bonchev–Trinajstić information content (AvgIpc) is 3.08. The van der Waals surface area contributed by atoms with Crippen molar-refractivity contribution >= 4 is 29.3 Å². The van der Waals surface area contributed by atoms with Crippen molar-refractivity contribution in [3.05, 3.63) is 71.0 Å². The number of nitrogens with zero attached hydrogens (tertiary/aromatic N) is 3. The smallest absolute Gasteiger partial charge is 0.230 e. The Morgan fingerprint density at radius 1 is 1.30 bits per heavy atom. The SMILES string of the molecule is CC(NC(=O)CSc1nncn1-c1cccc(Cl)c1)c1ccc(F)cc1F. The van der Waals surface area contributed by atoms with Gasteiger partial charge in [0.25, 0.3) is 0 Å². The highest BCUT2D eigenvalue weighted by Crippen LogP contribution is 2.22. The first-order chi connectivity index (χ1) is 12.9. The van der Waals surface area contributed by atoms with Crippen molar-refractivity contribution in [3.63, 3.8) is 0 Å². The second-order valence-electron chi connectivity index (χ2n) is 5.71. The number of hydrogen-bond acceptors (Lipinski definition) is 4. The first-order valence-corrected chi connectivity index (χ1v) is 9.33. The summed E-state index contributed by atoms with van der Waals surface area (Å²) < 4.78 is 28.5. The second-order valence-corrected chi connectivity index (χ2v) is 7.09. The Balaban J connectivity index is 1.62. The third-order valence-corrected chi connectivity index (χ3v) is 4.92. The van der Waals surface area contributed by atoms with Gasteiger partial charge in [-0.15, -0.1) is 10.2 Å². The van der Waals surface area contributed by atoms with Crippen molar-refractivity contribution < 1.29 is 13.6 Å². The molecule has 0 saturated carbocycles. The van der Waals surface area contributed by atoms with Crippen LogP contribution in [0.15, 0.2) is 53.9 Å². The highest BCUT2D eigenvalue weighted by atomic mass is 35.5. The maximum absolute atomic E-state index is 13.8. The van der Waals surface area contributed by atoms with E-state index in [0.717, 1.165) is 17.8 Å². The van der Waals surface area contributed by atoms with E-state index in [2.05, 4.69) is 15.5 Å². The van der Waals surface area contributed by atoms with Gasteiger partial charge >= 0.3 is 0 Å². The van der Waals surface area contributed by atoms with Crippen LogP contribution in [0, 0.1) is 11.6 Å². The molecule has 2 aromatic carbocycles. The fraction of sp³-hybridized carbons (Fsp3) is 0.167. The van der Waals surface area contributed by atoms with Gasteiger partial charge in [-0.3, -0.25) is 9.36 Å². The molecule has 3 rings (SSSR count). The highest BCUT2D eigenvalue weighted by molar-refractivity contribution is 7.99. The molecule has 9 heteroatoms. The molecule has 1 unspecified atom stereocenters. The molecule has 0 fully saturated rings. The molecule has 5 nitrogen and oxygen atoms in total. The molecular formula is C18H15ClF2N4OS. The number of aromatic nitrogens is 3. The number of hydrogen-bond donors (Lipinski definition) is 1. The maximum atomic E-state index is 13.8. The van der Waals surface area contributed by atoms with E-state index in [1.165, 1.54) is 24.2 Å². The van der Waals surface area contributed by atoms with Crippen LogP contribution in [0.5, 0.6) is 0 Å². The third-order valence-electron chi connectivity index (χ3n) is 3.74. The van der Waals surface area contributed by atoms with Crippen LogP contribution in [0.25, 0.3) is 5.69 Å². The van der Waals surface area contributed by atoms with E-state index in [-0.39, 0.29) is 17.2 Å².